The van der Waals surface area contributed by atoms with E-state index < -0.39 is 10.0 Å². The summed E-state index contributed by atoms with van der Waals surface area (Å²) >= 11 is 6.83. The second-order valence-electron chi connectivity index (χ2n) is 3.37. The molecule has 6 nitrogen and oxygen atoms in total. The molecule has 0 bridgehead atoms. The van der Waals surface area contributed by atoms with Crippen molar-refractivity contribution < 1.29 is 8.42 Å². The number of H-pyrrole nitrogens is 1. The van der Waals surface area contributed by atoms with Crippen LogP contribution in [0.4, 0.5) is 5.95 Å². The lowest BCUT2D eigenvalue weighted by atomic mass is 10.4. The first-order chi connectivity index (χ1) is 7.88. The van der Waals surface area contributed by atoms with Crippen LogP contribution in [0.25, 0.3) is 0 Å². The molecule has 0 saturated carbocycles. The van der Waals surface area contributed by atoms with Crippen LogP contribution in [0.1, 0.15) is 11.4 Å². The van der Waals surface area contributed by atoms with Crippen LogP contribution in [0.5, 0.6) is 0 Å². The highest BCUT2D eigenvalue weighted by Gasteiger charge is 2.20. The van der Waals surface area contributed by atoms with Gasteiger partial charge in [0.1, 0.15) is 10.0 Å². The summed E-state index contributed by atoms with van der Waals surface area (Å²) in [6, 6.07) is 1.51. The Bertz CT molecular complexity index is 627. The van der Waals surface area contributed by atoms with Crippen LogP contribution in [0.2, 0.25) is 4.34 Å². The number of nitrogens with zero attached hydrogens (tertiary/aromatic N) is 2. The van der Waals surface area contributed by atoms with E-state index >= 15 is 0 Å². The molecule has 0 aliphatic rings. The molecule has 0 saturated heterocycles. The van der Waals surface area contributed by atoms with Crippen molar-refractivity contribution in [3.8, 4) is 0 Å². The number of hydrogen-bond donors (Lipinski definition) is 2. The zero-order valence-electron chi connectivity index (χ0n) is 8.98. The minimum absolute atomic E-state index is 0.0182. The van der Waals surface area contributed by atoms with Gasteiger partial charge < -0.3 is 0 Å². The summed E-state index contributed by atoms with van der Waals surface area (Å²) < 4.78 is 26.7. The Kier molecular flexibility index (Phi) is 3.11. The molecule has 9 heteroatoms. The third-order valence-corrected chi connectivity index (χ3v) is 5.28. The van der Waals surface area contributed by atoms with E-state index in [1.807, 2.05) is 0 Å². The molecule has 17 heavy (non-hydrogen) atoms. The van der Waals surface area contributed by atoms with Crippen LogP contribution in [0.3, 0.4) is 0 Å². The average Bonchev–Trinajstić information content (AvgIpc) is 2.75. The van der Waals surface area contributed by atoms with Gasteiger partial charge in [0.25, 0.3) is 16.0 Å². The van der Waals surface area contributed by atoms with Crippen LogP contribution in [-0.2, 0) is 10.0 Å². The van der Waals surface area contributed by atoms with E-state index in [4.69, 9.17) is 11.6 Å². The quantitative estimate of drug-likeness (QED) is 0.905. The van der Waals surface area contributed by atoms with E-state index in [0.717, 1.165) is 16.9 Å². The topological polar surface area (TPSA) is 87.7 Å². The van der Waals surface area contributed by atoms with Crippen molar-refractivity contribution in [2.24, 2.45) is 0 Å². The van der Waals surface area contributed by atoms with Gasteiger partial charge in [-0.2, -0.15) is 4.98 Å². The first-order valence-corrected chi connectivity index (χ1v) is 7.24. The van der Waals surface area contributed by atoms with Gasteiger partial charge in [-0.25, -0.2) is 13.1 Å². The summed E-state index contributed by atoms with van der Waals surface area (Å²) in [4.78, 5) is 3.87. The number of hydrogen-bond acceptors (Lipinski definition) is 5. The molecule has 2 aromatic rings. The number of aromatic amines is 1. The number of rotatable bonds is 3. The number of aryl methyl sites for hydroxylation is 2. The van der Waals surface area contributed by atoms with Crippen LogP contribution in [0, 0.1) is 13.8 Å². The number of sulfonamides is 1. The van der Waals surface area contributed by atoms with E-state index in [-0.39, 0.29) is 10.2 Å². The van der Waals surface area contributed by atoms with Crippen LogP contribution in [0.15, 0.2) is 10.3 Å². The third kappa shape index (κ3) is 2.59. The maximum absolute atomic E-state index is 11.9. The standard InChI is InChI=1S/C8H9ClN4O2S2/c1-4-3-6(16-7(4)9)17(14,15)13-8-10-5(2)11-12-8/h3H,1-2H3,(H2,10,11,12,13). The molecule has 0 fully saturated rings. The maximum Gasteiger partial charge on any atom is 0.273 e. The maximum atomic E-state index is 11.9. The Balaban J connectivity index is 2.31. The van der Waals surface area contributed by atoms with Gasteiger partial charge in [-0.1, -0.05) is 11.6 Å². The SMILES string of the molecule is Cc1nc(NS(=O)(=O)c2cc(C)c(Cl)s2)n[nH]1. The van der Waals surface area contributed by atoms with Gasteiger partial charge in [0, 0.05) is 0 Å². The summed E-state index contributed by atoms with van der Waals surface area (Å²) in [7, 11) is -3.66. The molecule has 2 N–H and O–H groups in total. The molecule has 0 unspecified atom stereocenters. The summed E-state index contributed by atoms with van der Waals surface area (Å²) in [6.45, 7) is 3.42. The van der Waals surface area contributed by atoms with Gasteiger partial charge in [0.15, 0.2) is 0 Å². The Morgan fingerprint density at radius 2 is 2.18 bits per heavy atom. The molecule has 0 aliphatic heterocycles. The van der Waals surface area contributed by atoms with Crippen molar-refractivity contribution in [2.75, 3.05) is 4.72 Å². The van der Waals surface area contributed by atoms with E-state index in [0.29, 0.717) is 10.2 Å². The molecule has 0 radical (unpaired) electrons. The van der Waals surface area contributed by atoms with Gasteiger partial charge >= 0.3 is 0 Å². The monoisotopic (exact) mass is 292 g/mol. The van der Waals surface area contributed by atoms with Crippen molar-refractivity contribution in [1.82, 2.24) is 15.2 Å². The number of aromatic nitrogens is 3. The predicted octanol–water partition coefficient (Wildman–Crippen LogP) is 1.94. The second-order valence-corrected chi connectivity index (χ2v) is 6.94. The molecule has 0 aliphatic carbocycles. The lowest BCUT2D eigenvalue weighted by Gasteiger charge is -2.00. The van der Waals surface area contributed by atoms with Crippen LogP contribution < -0.4 is 4.72 Å². The van der Waals surface area contributed by atoms with Crippen LogP contribution in [-0.4, -0.2) is 23.6 Å². The summed E-state index contributed by atoms with van der Waals surface area (Å²) in [5.74, 6) is 0.549. The number of halogens is 1. The highest BCUT2D eigenvalue weighted by Crippen LogP contribution is 2.30. The van der Waals surface area contributed by atoms with Gasteiger partial charge in [0.2, 0.25) is 0 Å². The first-order valence-electron chi connectivity index (χ1n) is 4.56. The predicted molar refractivity (Wildman–Crippen MR) is 66.0 cm³/mol. The third-order valence-electron chi connectivity index (χ3n) is 1.92. The van der Waals surface area contributed by atoms with E-state index in [1.165, 1.54) is 6.07 Å². The molecule has 2 aromatic heterocycles. The Labute approximate surface area is 107 Å². The van der Waals surface area contributed by atoms with E-state index in [9.17, 15) is 8.42 Å². The van der Waals surface area contributed by atoms with Crippen molar-refractivity contribution >= 4 is 38.9 Å². The fraction of sp³-hybridized carbons (Fsp3) is 0.250. The molecule has 0 spiro atoms. The first kappa shape index (κ1) is 12.3. The van der Waals surface area contributed by atoms with Crippen molar-refractivity contribution in [3.63, 3.8) is 0 Å². The molecule has 2 heterocycles. The minimum atomic E-state index is -3.66. The normalized spacial score (nSPS) is 11.7. The molecular weight excluding hydrogens is 284 g/mol. The largest absolute Gasteiger partial charge is 0.273 e. The average molecular weight is 293 g/mol. The number of anilines is 1. The van der Waals surface area contributed by atoms with Crippen molar-refractivity contribution in [3.05, 3.63) is 21.8 Å². The molecule has 0 aromatic carbocycles. The van der Waals surface area contributed by atoms with E-state index in [1.54, 1.807) is 13.8 Å². The lowest BCUT2D eigenvalue weighted by molar-refractivity contribution is 0.602. The molecule has 92 valence electrons. The van der Waals surface area contributed by atoms with Crippen molar-refractivity contribution in [2.45, 2.75) is 18.1 Å². The Hall–Kier alpha value is -1.12. The zero-order valence-corrected chi connectivity index (χ0v) is 11.4. The number of nitrogens with one attached hydrogen (secondary N) is 2. The van der Waals surface area contributed by atoms with E-state index in [2.05, 4.69) is 19.9 Å². The summed E-state index contributed by atoms with van der Waals surface area (Å²) in [5.41, 5.74) is 0.725. The molecular formula is C8H9ClN4O2S2. The van der Waals surface area contributed by atoms with Gasteiger partial charge in [-0.05, 0) is 25.5 Å². The Morgan fingerprint density at radius 3 is 2.65 bits per heavy atom. The highest BCUT2D eigenvalue weighted by atomic mass is 35.5. The van der Waals surface area contributed by atoms with Gasteiger partial charge in [-0.3, -0.25) is 5.10 Å². The lowest BCUT2D eigenvalue weighted by Crippen LogP contribution is -2.12. The summed E-state index contributed by atoms with van der Waals surface area (Å²) in [6.07, 6.45) is 0. The second kappa shape index (κ2) is 4.28. The number of thiophene rings is 1. The van der Waals surface area contributed by atoms with Gasteiger partial charge in [-0.15, -0.1) is 16.4 Å². The smallest absolute Gasteiger partial charge is 0.261 e. The zero-order chi connectivity index (χ0) is 12.6. The van der Waals surface area contributed by atoms with Gasteiger partial charge in [0.05, 0.1) is 4.34 Å². The minimum Gasteiger partial charge on any atom is -0.261 e. The fourth-order valence-corrected chi connectivity index (χ4v) is 3.77. The van der Waals surface area contributed by atoms with Crippen molar-refractivity contribution in [1.29, 1.82) is 0 Å². The Morgan fingerprint density at radius 1 is 1.47 bits per heavy atom. The summed E-state index contributed by atoms with van der Waals surface area (Å²) in [5, 5.41) is 6.25. The highest BCUT2D eigenvalue weighted by molar-refractivity contribution is 7.94. The molecule has 0 amide bonds. The fourth-order valence-electron chi connectivity index (χ4n) is 1.12. The molecule has 0 atom stereocenters. The molecule has 2 rings (SSSR count). The van der Waals surface area contributed by atoms with Crippen LogP contribution >= 0.6 is 22.9 Å².